The minimum Gasteiger partial charge on any atom is -0.310 e. The Morgan fingerprint density at radius 1 is 1.44 bits per heavy atom. The molecule has 0 saturated carbocycles. The lowest BCUT2D eigenvalue weighted by Gasteiger charge is -2.12. The number of hydrogen-bond acceptors (Lipinski definition) is 4. The van der Waals surface area contributed by atoms with Crippen LogP contribution in [0.3, 0.4) is 0 Å². The molecule has 2 aromatic heterocycles. The van der Waals surface area contributed by atoms with Crippen LogP contribution in [0.5, 0.6) is 0 Å². The summed E-state index contributed by atoms with van der Waals surface area (Å²) >= 11 is 3.36. The molecule has 1 unspecified atom stereocenters. The summed E-state index contributed by atoms with van der Waals surface area (Å²) in [4.78, 5) is 8.46. The van der Waals surface area contributed by atoms with Crippen LogP contribution in [0.4, 0.5) is 0 Å². The van der Waals surface area contributed by atoms with E-state index in [-0.39, 0.29) is 6.04 Å². The highest BCUT2D eigenvalue weighted by Gasteiger charge is 2.13. The van der Waals surface area contributed by atoms with Crippen LogP contribution < -0.4 is 5.32 Å². The van der Waals surface area contributed by atoms with E-state index in [1.807, 2.05) is 19.2 Å². The van der Waals surface area contributed by atoms with Crippen molar-refractivity contribution in [1.82, 2.24) is 25.5 Å². The quantitative estimate of drug-likeness (QED) is 0.891. The van der Waals surface area contributed by atoms with E-state index in [9.17, 15) is 0 Å². The van der Waals surface area contributed by atoms with E-state index >= 15 is 0 Å². The third-order valence-electron chi connectivity index (χ3n) is 2.31. The van der Waals surface area contributed by atoms with Gasteiger partial charge in [0, 0.05) is 22.8 Å². The van der Waals surface area contributed by atoms with Gasteiger partial charge in [0.05, 0.1) is 6.04 Å². The van der Waals surface area contributed by atoms with Gasteiger partial charge in [-0.25, -0.2) is 4.98 Å². The minimum absolute atomic E-state index is 0.108. The predicted molar refractivity (Wildman–Crippen MR) is 63.8 cm³/mol. The molecule has 0 fully saturated rings. The molecule has 2 N–H and O–H groups in total. The summed E-state index contributed by atoms with van der Waals surface area (Å²) in [5.41, 5.74) is 1.01. The van der Waals surface area contributed by atoms with Gasteiger partial charge in [-0.1, -0.05) is 0 Å². The summed E-state index contributed by atoms with van der Waals surface area (Å²) in [7, 11) is 1.89. The number of aromatic nitrogens is 4. The van der Waals surface area contributed by atoms with Crippen LogP contribution in [-0.2, 0) is 6.42 Å². The van der Waals surface area contributed by atoms with Crippen molar-refractivity contribution in [2.75, 3.05) is 7.05 Å². The van der Waals surface area contributed by atoms with E-state index in [0.29, 0.717) is 0 Å². The Balaban J connectivity index is 2.10. The van der Waals surface area contributed by atoms with E-state index in [2.05, 4.69) is 41.4 Å². The standard InChI is InChI=1S/C10H12BrN5/c1-12-9(10-14-6-15-16-10)4-8-3-2-7(11)5-13-8/h2-3,5-6,9,12H,4H2,1H3,(H,14,15,16). The first-order chi connectivity index (χ1) is 7.79. The van der Waals surface area contributed by atoms with E-state index in [4.69, 9.17) is 0 Å². The Hall–Kier alpha value is -1.27. The topological polar surface area (TPSA) is 66.5 Å². The second-order valence-corrected chi connectivity index (χ2v) is 4.30. The SMILES string of the molecule is CNC(Cc1ccc(Br)cn1)c1ncn[nH]1. The maximum absolute atomic E-state index is 4.33. The van der Waals surface area contributed by atoms with Gasteiger partial charge in [-0.05, 0) is 35.1 Å². The van der Waals surface area contributed by atoms with E-state index < -0.39 is 0 Å². The van der Waals surface area contributed by atoms with E-state index in [0.717, 1.165) is 22.4 Å². The Kier molecular flexibility index (Phi) is 3.63. The molecule has 0 saturated heterocycles. The highest BCUT2D eigenvalue weighted by molar-refractivity contribution is 9.10. The fraction of sp³-hybridized carbons (Fsp3) is 0.300. The third kappa shape index (κ3) is 2.65. The molecule has 0 radical (unpaired) electrons. The zero-order valence-corrected chi connectivity index (χ0v) is 10.4. The molecule has 0 spiro atoms. The summed E-state index contributed by atoms with van der Waals surface area (Å²) in [5.74, 6) is 0.826. The normalized spacial score (nSPS) is 12.6. The monoisotopic (exact) mass is 281 g/mol. The number of nitrogens with one attached hydrogen (secondary N) is 2. The highest BCUT2D eigenvalue weighted by Crippen LogP contribution is 2.14. The maximum Gasteiger partial charge on any atom is 0.141 e. The van der Waals surface area contributed by atoms with Gasteiger partial charge in [-0.15, -0.1) is 0 Å². The van der Waals surface area contributed by atoms with Crippen LogP contribution in [0.15, 0.2) is 29.1 Å². The lowest BCUT2D eigenvalue weighted by molar-refractivity contribution is 0.553. The van der Waals surface area contributed by atoms with Crippen LogP contribution in [-0.4, -0.2) is 27.2 Å². The zero-order chi connectivity index (χ0) is 11.4. The molecule has 16 heavy (non-hydrogen) atoms. The lowest BCUT2D eigenvalue weighted by atomic mass is 10.1. The third-order valence-corrected chi connectivity index (χ3v) is 2.78. The molecule has 84 valence electrons. The van der Waals surface area contributed by atoms with Crippen molar-refractivity contribution in [3.05, 3.63) is 40.6 Å². The molecular weight excluding hydrogens is 270 g/mol. The Morgan fingerprint density at radius 2 is 2.31 bits per heavy atom. The number of H-pyrrole nitrogens is 1. The molecule has 0 aliphatic rings. The van der Waals surface area contributed by atoms with Gasteiger partial charge in [-0.3, -0.25) is 10.1 Å². The van der Waals surface area contributed by atoms with Gasteiger partial charge in [0.1, 0.15) is 12.2 Å². The molecule has 6 heteroatoms. The van der Waals surface area contributed by atoms with Gasteiger partial charge in [0.2, 0.25) is 0 Å². The van der Waals surface area contributed by atoms with E-state index in [1.54, 1.807) is 6.20 Å². The molecule has 1 atom stereocenters. The summed E-state index contributed by atoms with van der Waals surface area (Å²) in [6.07, 6.45) is 4.08. The first kappa shape index (κ1) is 11.2. The van der Waals surface area contributed by atoms with Crippen molar-refractivity contribution in [2.45, 2.75) is 12.5 Å². The molecule has 2 aromatic rings. The first-order valence-corrected chi connectivity index (χ1v) is 5.72. The summed E-state index contributed by atoms with van der Waals surface area (Å²) in [6, 6.07) is 4.08. The molecule has 2 rings (SSSR count). The molecular formula is C10H12BrN5. The van der Waals surface area contributed by atoms with Gasteiger partial charge < -0.3 is 5.32 Å². The summed E-state index contributed by atoms with van der Waals surface area (Å²) in [6.45, 7) is 0. The van der Waals surface area contributed by atoms with Crippen LogP contribution in [0, 0.1) is 0 Å². The fourth-order valence-electron chi connectivity index (χ4n) is 1.45. The van der Waals surface area contributed by atoms with E-state index in [1.165, 1.54) is 6.33 Å². The van der Waals surface area contributed by atoms with Gasteiger partial charge in [0.25, 0.3) is 0 Å². The largest absolute Gasteiger partial charge is 0.310 e. The number of likely N-dealkylation sites (N-methyl/N-ethyl adjacent to an activating group) is 1. The molecule has 0 bridgehead atoms. The van der Waals surface area contributed by atoms with Crippen LogP contribution in [0.25, 0.3) is 0 Å². The van der Waals surface area contributed by atoms with Crippen molar-refractivity contribution in [2.24, 2.45) is 0 Å². The zero-order valence-electron chi connectivity index (χ0n) is 8.81. The Bertz CT molecular complexity index is 425. The molecule has 0 aliphatic carbocycles. The van der Waals surface area contributed by atoms with Crippen molar-refractivity contribution in [3.8, 4) is 0 Å². The Labute approximate surface area is 102 Å². The molecule has 0 amide bonds. The molecule has 2 heterocycles. The Morgan fingerprint density at radius 3 is 2.88 bits per heavy atom. The summed E-state index contributed by atoms with van der Waals surface area (Å²) in [5, 5.41) is 9.88. The predicted octanol–water partition coefficient (Wildman–Crippen LogP) is 1.47. The van der Waals surface area contributed by atoms with Crippen molar-refractivity contribution >= 4 is 15.9 Å². The summed E-state index contributed by atoms with van der Waals surface area (Å²) < 4.78 is 0.983. The second-order valence-electron chi connectivity index (χ2n) is 3.38. The maximum atomic E-state index is 4.33. The fourth-order valence-corrected chi connectivity index (χ4v) is 1.69. The second kappa shape index (κ2) is 5.18. The minimum atomic E-state index is 0.108. The lowest BCUT2D eigenvalue weighted by Crippen LogP contribution is -2.20. The van der Waals surface area contributed by atoms with Crippen molar-refractivity contribution < 1.29 is 0 Å². The van der Waals surface area contributed by atoms with Crippen molar-refractivity contribution in [1.29, 1.82) is 0 Å². The molecule has 5 nitrogen and oxygen atoms in total. The van der Waals surface area contributed by atoms with Gasteiger partial charge in [-0.2, -0.15) is 5.10 Å². The van der Waals surface area contributed by atoms with Crippen LogP contribution in [0.2, 0.25) is 0 Å². The van der Waals surface area contributed by atoms with Crippen molar-refractivity contribution in [3.63, 3.8) is 0 Å². The average Bonchev–Trinajstić information content (AvgIpc) is 2.82. The molecule has 0 aliphatic heterocycles. The number of halogens is 1. The first-order valence-electron chi connectivity index (χ1n) is 4.92. The number of nitrogens with zero attached hydrogens (tertiary/aromatic N) is 3. The van der Waals surface area contributed by atoms with Crippen LogP contribution >= 0.6 is 15.9 Å². The smallest absolute Gasteiger partial charge is 0.141 e. The van der Waals surface area contributed by atoms with Crippen LogP contribution in [0.1, 0.15) is 17.6 Å². The number of aromatic amines is 1. The van der Waals surface area contributed by atoms with Gasteiger partial charge >= 0.3 is 0 Å². The number of hydrogen-bond donors (Lipinski definition) is 2. The number of pyridine rings is 1. The molecule has 0 aromatic carbocycles. The highest BCUT2D eigenvalue weighted by atomic mass is 79.9. The average molecular weight is 282 g/mol. The van der Waals surface area contributed by atoms with Gasteiger partial charge in [0.15, 0.2) is 0 Å². The number of rotatable bonds is 4.